The number of methoxy groups -OCH3 is 1. The molecule has 14 heavy (non-hydrogen) atoms. The number of ether oxygens (including phenoxy) is 2. The van der Waals surface area contributed by atoms with Gasteiger partial charge in [0.1, 0.15) is 0 Å². The van der Waals surface area contributed by atoms with E-state index in [9.17, 15) is 4.79 Å². The fourth-order valence-electron chi connectivity index (χ4n) is 1.06. The molecule has 0 rings (SSSR count). The fourth-order valence-corrected chi connectivity index (χ4v) is 1.06. The lowest BCUT2D eigenvalue weighted by Gasteiger charge is -2.13. The highest BCUT2D eigenvalue weighted by molar-refractivity contribution is 5.74. The van der Waals surface area contributed by atoms with Crippen LogP contribution in [0.2, 0.25) is 0 Å². The van der Waals surface area contributed by atoms with E-state index in [0.717, 1.165) is 19.3 Å². The van der Waals surface area contributed by atoms with Crippen LogP contribution in [-0.4, -0.2) is 25.8 Å². The summed E-state index contributed by atoms with van der Waals surface area (Å²) in [6.45, 7) is 4.48. The summed E-state index contributed by atoms with van der Waals surface area (Å²) in [5, 5.41) is 0. The zero-order valence-corrected chi connectivity index (χ0v) is 9.29. The Balaban J connectivity index is 3.90. The van der Waals surface area contributed by atoms with Crippen molar-refractivity contribution in [2.45, 2.75) is 39.2 Å². The Morgan fingerprint density at radius 3 is 2.71 bits per heavy atom. The second-order valence-corrected chi connectivity index (χ2v) is 3.06. The van der Waals surface area contributed by atoms with Crippen LogP contribution in [0.4, 0.5) is 0 Å². The van der Waals surface area contributed by atoms with Crippen LogP contribution in [-0.2, 0) is 14.3 Å². The SMILES string of the molecule is C/C=C/COC(CCCC)C(=O)OC. The van der Waals surface area contributed by atoms with Gasteiger partial charge in [-0.15, -0.1) is 0 Å². The van der Waals surface area contributed by atoms with Crippen molar-refractivity contribution in [2.75, 3.05) is 13.7 Å². The summed E-state index contributed by atoms with van der Waals surface area (Å²) in [5.41, 5.74) is 0. The number of unbranched alkanes of at least 4 members (excludes halogenated alkanes) is 1. The summed E-state index contributed by atoms with van der Waals surface area (Å²) >= 11 is 0. The molecular formula is C11H20O3. The topological polar surface area (TPSA) is 35.5 Å². The molecule has 0 bridgehead atoms. The third-order valence-corrected chi connectivity index (χ3v) is 1.91. The summed E-state index contributed by atoms with van der Waals surface area (Å²) < 4.78 is 10.0. The van der Waals surface area contributed by atoms with E-state index in [-0.39, 0.29) is 5.97 Å². The number of carbonyl (C=O) groups is 1. The van der Waals surface area contributed by atoms with E-state index in [4.69, 9.17) is 4.74 Å². The summed E-state index contributed by atoms with van der Waals surface area (Å²) in [5.74, 6) is -0.275. The second kappa shape index (κ2) is 8.75. The van der Waals surface area contributed by atoms with Crippen LogP contribution >= 0.6 is 0 Å². The van der Waals surface area contributed by atoms with Crippen molar-refractivity contribution in [1.82, 2.24) is 0 Å². The molecule has 3 nitrogen and oxygen atoms in total. The largest absolute Gasteiger partial charge is 0.467 e. The average molecular weight is 200 g/mol. The highest BCUT2D eigenvalue weighted by atomic mass is 16.6. The van der Waals surface area contributed by atoms with Crippen molar-refractivity contribution >= 4 is 5.97 Å². The standard InChI is InChI=1S/C11H20O3/c1-4-6-8-10(11(12)13-3)14-9-7-5-2/h5,7,10H,4,6,8-9H2,1-3H3/b7-5+. The quantitative estimate of drug-likeness (QED) is 0.467. The molecule has 0 aliphatic carbocycles. The van der Waals surface area contributed by atoms with Crippen LogP contribution in [0.5, 0.6) is 0 Å². The Morgan fingerprint density at radius 1 is 1.50 bits per heavy atom. The molecule has 3 heteroatoms. The lowest BCUT2D eigenvalue weighted by atomic mass is 10.1. The maximum Gasteiger partial charge on any atom is 0.334 e. The van der Waals surface area contributed by atoms with Gasteiger partial charge in [-0.25, -0.2) is 4.79 Å². The van der Waals surface area contributed by atoms with Crippen LogP contribution in [0, 0.1) is 0 Å². The smallest absolute Gasteiger partial charge is 0.334 e. The van der Waals surface area contributed by atoms with Gasteiger partial charge >= 0.3 is 5.97 Å². The van der Waals surface area contributed by atoms with E-state index in [2.05, 4.69) is 11.7 Å². The number of esters is 1. The Hall–Kier alpha value is -0.830. The number of allylic oxidation sites excluding steroid dienone is 1. The first-order valence-corrected chi connectivity index (χ1v) is 5.06. The molecule has 82 valence electrons. The molecule has 0 N–H and O–H groups in total. The molecule has 0 aliphatic rings. The molecule has 0 aromatic heterocycles. The van der Waals surface area contributed by atoms with Crippen molar-refractivity contribution in [3.63, 3.8) is 0 Å². The van der Waals surface area contributed by atoms with Crippen molar-refractivity contribution in [3.05, 3.63) is 12.2 Å². The maximum atomic E-state index is 11.2. The molecule has 0 spiro atoms. The Morgan fingerprint density at radius 2 is 2.21 bits per heavy atom. The van der Waals surface area contributed by atoms with Crippen LogP contribution in [0.3, 0.4) is 0 Å². The maximum absolute atomic E-state index is 11.2. The normalized spacial score (nSPS) is 13.1. The lowest BCUT2D eigenvalue weighted by Crippen LogP contribution is -2.25. The number of carbonyl (C=O) groups excluding carboxylic acids is 1. The fraction of sp³-hybridized carbons (Fsp3) is 0.727. The van der Waals surface area contributed by atoms with E-state index >= 15 is 0 Å². The Labute approximate surface area is 86.1 Å². The van der Waals surface area contributed by atoms with Crippen LogP contribution < -0.4 is 0 Å². The van der Waals surface area contributed by atoms with Gasteiger partial charge in [-0.1, -0.05) is 31.9 Å². The minimum absolute atomic E-state index is 0.275. The van der Waals surface area contributed by atoms with Gasteiger partial charge in [0.15, 0.2) is 6.10 Å². The lowest BCUT2D eigenvalue weighted by molar-refractivity contribution is -0.153. The zero-order valence-electron chi connectivity index (χ0n) is 9.29. The molecule has 0 aromatic rings. The monoisotopic (exact) mass is 200 g/mol. The molecule has 0 amide bonds. The molecular weight excluding hydrogens is 180 g/mol. The van der Waals surface area contributed by atoms with Crippen LogP contribution in [0.15, 0.2) is 12.2 Å². The summed E-state index contributed by atoms with van der Waals surface area (Å²) in [6.07, 6.45) is 6.14. The molecule has 0 aliphatic heterocycles. The first-order chi connectivity index (χ1) is 6.76. The number of rotatable bonds is 7. The summed E-state index contributed by atoms with van der Waals surface area (Å²) in [6, 6.07) is 0. The predicted molar refractivity (Wildman–Crippen MR) is 56.1 cm³/mol. The minimum Gasteiger partial charge on any atom is -0.467 e. The van der Waals surface area contributed by atoms with Gasteiger partial charge in [-0.2, -0.15) is 0 Å². The first-order valence-electron chi connectivity index (χ1n) is 5.06. The van der Waals surface area contributed by atoms with E-state index in [0.29, 0.717) is 6.61 Å². The van der Waals surface area contributed by atoms with Gasteiger partial charge in [-0.3, -0.25) is 0 Å². The summed E-state index contributed by atoms with van der Waals surface area (Å²) in [4.78, 5) is 11.2. The molecule has 0 saturated carbocycles. The Kier molecular flexibility index (Phi) is 8.24. The van der Waals surface area contributed by atoms with Gasteiger partial charge in [0.25, 0.3) is 0 Å². The van der Waals surface area contributed by atoms with E-state index in [1.165, 1.54) is 7.11 Å². The van der Waals surface area contributed by atoms with Crippen molar-refractivity contribution in [3.8, 4) is 0 Å². The molecule has 0 radical (unpaired) electrons. The highest BCUT2D eigenvalue weighted by Crippen LogP contribution is 2.06. The van der Waals surface area contributed by atoms with E-state index < -0.39 is 6.10 Å². The predicted octanol–water partition coefficient (Wildman–Crippen LogP) is 2.31. The number of hydrogen-bond donors (Lipinski definition) is 0. The van der Waals surface area contributed by atoms with Crippen LogP contribution in [0.1, 0.15) is 33.1 Å². The van der Waals surface area contributed by atoms with Crippen molar-refractivity contribution in [2.24, 2.45) is 0 Å². The molecule has 1 atom stereocenters. The van der Waals surface area contributed by atoms with Gasteiger partial charge in [0.2, 0.25) is 0 Å². The third-order valence-electron chi connectivity index (χ3n) is 1.91. The molecule has 0 heterocycles. The molecule has 0 aromatic carbocycles. The van der Waals surface area contributed by atoms with Crippen molar-refractivity contribution < 1.29 is 14.3 Å². The van der Waals surface area contributed by atoms with E-state index in [1.807, 2.05) is 19.1 Å². The number of hydrogen-bond acceptors (Lipinski definition) is 3. The Bertz CT molecular complexity index is 175. The highest BCUT2D eigenvalue weighted by Gasteiger charge is 2.18. The molecule has 0 fully saturated rings. The molecule has 0 saturated heterocycles. The first kappa shape index (κ1) is 13.2. The third kappa shape index (κ3) is 5.75. The van der Waals surface area contributed by atoms with E-state index in [1.54, 1.807) is 0 Å². The zero-order chi connectivity index (χ0) is 10.8. The average Bonchev–Trinajstić information content (AvgIpc) is 2.22. The van der Waals surface area contributed by atoms with Crippen LogP contribution in [0.25, 0.3) is 0 Å². The van der Waals surface area contributed by atoms with Gasteiger partial charge in [0.05, 0.1) is 13.7 Å². The van der Waals surface area contributed by atoms with Crippen molar-refractivity contribution in [1.29, 1.82) is 0 Å². The summed E-state index contributed by atoms with van der Waals surface area (Å²) in [7, 11) is 1.39. The van der Waals surface area contributed by atoms with Gasteiger partial charge < -0.3 is 9.47 Å². The minimum atomic E-state index is -0.406. The van der Waals surface area contributed by atoms with Gasteiger partial charge in [-0.05, 0) is 13.3 Å². The molecule has 1 unspecified atom stereocenters. The second-order valence-electron chi connectivity index (χ2n) is 3.06. The van der Waals surface area contributed by atoms with Gasteiger partial charge in [0, 0.05) is 0 Å².